The van der Waals surface area contributed by atoms with Gasteiger partial charge in [0.05, 0.1) is 0 Å². The van der Waals surface area contributed by atoms with Gasteiger partial charge in [-0.25, -0.2) is 0 Å². The maximum absolute atomic E-state index is 11.5. The largest absolute Gasteiger partial charge is 0.326 e. The number of benzene rings is 2. The molecule has 4 nitrogen and oxygen atoms in total. The van der Waals surface area contributed by atoms with Gasteiger partial charge in [-0.1, -0.05) is 24.3 Å². The molecule has 0 saturated heterocycles. The zero-order valence-electron chi connectivity index (χ0n) is 19.7. The first-order valence-corrected chi connectivity index (χ1v) is 12.0. The third kappa shape index (κ3) is 3.54. The summed E-state index contributed by atoms with van der Waals surface area (Å²) in [5.74, 6) is 1.52. The Balaban J connectivity index is 1.51. The Labute approximate surface area is 191 Å². The summed E-state index contributed by atoms with van der Waals surface area (Å²) < 4.78 is 0. The van der Waals surface area contributed by atoms with Crippen molar-refractivity contribution >= 4 is 23.2 Å². The van der Waals surface area contributed by atoms with Crippen LogP contribution in [0.3, 0.4) is 0 Å². The number of nitrogens with one attached hydrogen (secondary N) is 2. The first-order chi connectivity index (χ1) is 15.2. The quantitative estimate of drug-likeness (QED) is 0.624. The number of hydrogen-bond acceptors (Lipinski definition) is 2. The first kappa shape index (κ1) is 21.2. The molecule has 4 saturated carbocycles. The van der Waals surface area contributed by atoms with Crippen molar-refractivity contribution in [2.24, 2.45) is 11.8 Å². The third-order valence-electron chi connectivity index (χ3n) is 8.36. The molecule has 0 heterocycles. The van der Waals surface area contributed by atoms with E-state index < -0.39 is 0 Å². The highest BCUT2D eigenvalue weighted by molar-refractivity contribution is 5.90. The standard InChI is InChI=1S/C28H34N2O2/c1-17-9-23(5-7-25(17)29-19(3)31)27-12-21-11-22(13-27)15-28(14-21,16-27)24-6-8-26(18(2)10-24)30-20(4)32/h5-10,21-22H,11-16H2,1-4H3,(H,29,31)(H,30,32). The molecule has 0 atom stereocenters. The summed E-state index contributed by atoms with van der Waals surface area (Å²) in [6, 6.07) is 13.4. The summed E-state index contributed by atoms with van der Waals surface area (Å²) in [5.41, 5.74) is 7.51. The van der Waals surface area contributed by atoms with Crippen LogP contribution < -0.4 is 10.6 Å². The van der Waals surface area contributed by atoms with E-state index in [0.29, 0.717) is 0 Å². The molecule has 32 heavy (non-hydrogen) atoms. The summed E-state index contributed by atoms with van der Waals surface area (Å²) in [6.45, 7) is 7.34. The summed E-state index contributed by atoms with van der Waals surface area (Å²) in [6.07, 6.45) is 7.71. The molecule has 4 aliphatic carbocycles. The normalized spacial score (nSPS) is 30.2. The number of amides is 2. The van der Waals surface area contributed by atoms with Gasteiger partial charge in [0.25, 0.3) is 0 Å². The lowest BCUT2D eigenvalue weighted by Crippen LogP contribution is -2.56. The van der Waals surface area contributed by atoms with Crippen molar-refractivity contribution in [1.82, 2.24) is 0 Å². The summed E-state index contributed by atoms with van der Waals surface area (Å²) in [5, 5.41) is 5.93. The number of anilines is 2. The van der Waals surface area contributed by atoms with Crippen molar-refractivity contribution < 1.29 is 9.59 Å². The Morgan fingerprint density at radius 2 is 1.16 bits per heavy atom. The summed E-state index contributed by atoms with van der Waals surface area (Å²) in [4.78, 5) is 23.1. The molecule has 2 amide bonds. The smallest absolute Gasteiger partial charge is 0.221 e. The molecule has 168 valence electrons. The van der Waals surface area contributed by atoms with Crippen LogP contribution in [0.15, 0.2) is 36.4 Å². The molecule has 2 aromatic carbocycles. The van der Waals surface area contributed by atoms with Crippen LogP contribution in [0, 0.1) is 25.7 Å². The highest BCUT2D eigenvalue weighted by Crippen LogP contribution is 2.66. The predicted octanol–water partition coefficient (Wildman–Crippen LogP) is 6.01. The van der Waals surface area contributed by atoms with Gasteiger partial charge in [-0.3, -0.25) is 9.59 Å². The molecule has 0 aromatic heterocycles. The maximum atomic E-state index is 11.5. The molecule has 0 radical (unpaired) electrons. The number of carbonyl (C=O) groups is 2. The molecule has 0 aliphatic heterocycles. The van der Waals surface area contributed by atoms with Crippen LogP contribution in [0.2, 0.25) is 0 Å². The van der Waals surface area contributed by atoms with E-state index in [1.165, 1.54) is 49.7 Å². The Kier molecular flexibility index (Phi) is 4.96. The summed E-state index contributed by atoms with van der Waals surface area (Å²) >= 11 is 0. The van der Waals surface area contributed by atoms with E-state index in [1.54, 1.807) is 13.8 Å². The zero-order chi connectivity index (χ0) is 22.7. The summed E-state index contributed by atoms with van der Waals surface area (Å²) in [7, 11) is 0. The SMILES string of the molecule is CC(=O)Nc1ccc(C23CC4CC(C2)CC(c2ccc(NC(C)=O)c(C)c2)(C4)C3)cc1C. The Morgan fingerprint density at radius 1 is 0.750 bits per heavy atom. The van der Waals surface area contributed by atoms with Crippen molar-refractivity contribution in [3.8, 4) is 0 Å². The van der Waals surface area contributed by atoms with Gasteiger partial charge < -0.3 is 10.6 Å². The molecular weight excluding hydrogens is 396 g/mol. The van der Waals surface area contributed by atoms with Crippen molar-refractivity contribution in [2.45, 2.75) is 77.0 Å². The zero-order valence-corrected chi connectivity index (χ0v) is 19.7. The minimum Gasteiger partial charge on any atom is -0.326 e. The fourth-order valence-corrected chi connectivity index (χ4v) is 7.58. The van der Waals surface area contributed by atoms with Gasteiger partial charge in [0.15, 0.2) is 0 Å². The van der Waals surface area contributed by atoms with Gasteiger partial charge >= 0.3 is 0 Å². The van der Waals surface area contributed by atoms with Gasteiger partial charge in [-0.05, 0) is 109 Å². The van der Waals surface area contributed by atoms with E-state index in [9.17, 15) is 9.59 Å². The molecule has 2 N–H and O–H groups in total. The fraction of sp³-hybridized carbons (Fsp3) is 0.500. The van der Waals surface area contributed by atoms with E-state index >= 15 is 0 Å². The maximum Gasteiger partial charge on any atom is 0.221 e. The fourth-order valence-electron chi connectivity index (χ4n) is 7.58. The monoisotopic (exact) mass is 430 g/mol. The van der Waals surface area contributed by atoms with Crippen LogP contribution in [0.25, 0.3) is 0 Å². The second-order valence-corrected chi connectivity index (χ2v) is 10.9. The third-order valence-corrected chi connectivity index (χ3v) is 8.36. The average molecular weight is 431 g/mol. The minimum atomic E-state index is -0.0207. The van der Waals surface area contributed by atoms with E-state index in [2.05, 4.69) is 60.9 Å². The lowest BCUT2D eigenvalue weighted by molar-refractivity contribution is -0.115. The first-order valence-electron chi connectivity index (χ1n) is 12.0. The molecular formula is C28H34N2O2. The van der Waals surface area contributed by atoms with E-state index in [1.807, 2.05) is 0 Å². The van der Waals surface area contributed by atoms with E-state index in [0.717, 1.165) is 34.3 Å². The Morgan fingerprint density at radius 3 is 1.50 bits per heavy atom. The van der Waals surface area contributed by atoms with E-state index in [4.69, 9.17) is 0 Å². The highest BCUT2D eigenvalue weighted by atomic mass is 16.2. The average Bonchev–Trinajstić information content (AvgIpc) is 2.69. The Hall–Kier alpha value is -2.62. The molecule has 4 bridgehead atoms. The van der Waals surface area contributed by atoms with Crippen molar-refractivity contribution in [2.75, 3.05) is 10.6 Å². The van der Waals surface area contributed by atoms with E-state index in [-0.39, 0.29) is 22.6 Å². The van der Waals surface area contributed by atoms with Crippen LogP contribution in [0.5, 0.6) is 0 Å². The second-order valence-electron chi connectivity index (χ2n) is 10.9. The van der Waals surface area contributed by atoms with Gasteiger partial charge in [0.2, 0.25) is 11.8 Å². The molecule has 0 spiro atoms. The number of hydrogen-bond donors (Lipinski definition) is 2. The highest BCUT2D eigenvalue weighted by Gasteiger charge is 2.58. The van der Waals surface area contributed by atoms with Crippen molar-refractivity contribution in [3.63, 3.8) is 0 Å². The Bertz CT molecular complexity index is 1010. The van der Waals surface area contributed by atoms with Crippen LogP contribution in [0.4, 0.5) is 11.4 Å². The lowest BCUT2D eigenvalue weighted by atomic mass is 9.41. The number of carbonyl (C=O) groups excluding carboxylic acids is 2. The number of aryl methyl sites for hydroxylation is 2. The molecule has 0 unspecified atom stereocenters. The molecule has 2 aromatic rings. The molecule has 4 aliphatic rings. The van der Waals surface area contributed by atoms with Crippen LogP contribution in [-0.2, 0) is 20.4 Å². The molecule has 6 rings (SSSR count). The van der Waals surface area contributed by atoms with Crippen LogP contribution in [-0.4, -0.2) is 11.8 Å². The van der Waals surface area contributed by atoms with Gasteiger partial charge in [0, 0.05) is 25.2 Å². The second kappa shape index (κ2) is 7.47. The molecule has 4 fully saturated rings. The lowest BCUT2D eigenvalue weighted by Gasteiger charge is -2.63. The van der Waals surface area contributed by atoms with Crippen molar-refractivity contribution in [1.29, 1.82) is 0 Å². The number of rotatable bonds is 4. The van der Waals surface area contributed by atoms with Crippen molar-refractivity contribution in [3.05, 3.63) is 58.7 Å². The predicted molar refractivity (Wildman–Crippen MR) is 129 cm³/mol. The van der Waals surface area contributed by atoms with Gasteiger partial charge in [-0.2, -0.15) is 0 Å². The minimum absolute atomic E-state index is 0.0207. The molecule has 4 heteroatoms. The van der Waals surface area contributed by atoms with Gasteiger partial charge in [0.1, 0.15) is 0 Å². The van der Waals surface area contributed by atoms with Crippen LogP contribution in [0.1, 0.15) is 74.6 Å². The topological polar surface area (TPSA) is 58.2 Å². The van der Waals surface area contributed by atoms with Gasteiger partial charge in [-0.15, -0.1) is 0 Å². The van der Waals surface area contributed by atoms with Crippen LogP contribution >= 0.6 is 0 Å².